The van der Waals surface area contributed by atoms with Gasteiger partial charge in [-0.3, -0.25) is 0 Å². The molecule has 0 saturated carbocycles. The topological polar surface area (TPSA) is 36.8 Å². The van der Waals surface area contributed by atoms with E-state index in [0.29, 0.717) is 0 Å². The molecule has 6 aromatic carbocycles. The van der Waals surface area contributed by atoms with E-state index in [1.165, 1.54) is 43.4 Å². The van der Waals surface area contributed by atoms with Crippen LogP contribution in [0.4, 0.5) is 0 Å². The van der Waals surface area contributed by atoms with Crippen molar-refractivity contribution in [1.82, 2.24) is 5.32 Å². The van der Waals surface area contributed by atoms with Crippen LogP contribution in [-0.4, -0.2) is 19.7 Å². The van der Waals surface area contributed by atoms with Crippen molar-refractivity contribution in [3.05, 3.63) is 156 Å². The number of amidine groups is 2. The highest BCUT2D eigenvalue weighted by atomic mass is 28.3. The summed E-state index contributed by atoms with van der Waals surface area (Å²) in [7, 11) is -1.81. The van der Waals surface area contributed by atoms with E-state index in [9.17, 15) is 0 Å². The minimum atomic E-state index is -1.81. The van der Waals surface area contributed by atoms with E-state index >= 15 is 0 Å². The Morgan fingerprint density at radius 2 is 1.16 bits per heavy atom. The summed E-state index contributed by atoms with van der Waals surface area (Å²) in [4.78, 5) is 10.4. The van der Waals surface area contributed by atoms with E-state index in [2.05, 4.69) is 152 Å². The second-order valence-corrected chi connectivity index (χ2v) is 16.2. The maximum atomic E-state index is 5.27. The highest BCUT2D eigenvalue weighted by Gasteiger charge is 2.39. The van der Waals surface area contributed by atoms with Crippen molar-refractivity contribution in [2.45, 2.75) is 19.3 Å². The number of benzene rings is 6. The van der Waals surface area contributed by atoms with E-state index < -0.39 is 8.07 Å². The first-order chi connectivity index (χ1) is 21.1. The minimum absolute atomic E-state index is 0.352. The highest BCUT2D eigenvalue weighted by Crippen LogP contribution is 2.34. The average Bonchev–Trinajstić information content (AvgIpc) is 3.31. The van der Waals surface area contributed by atoms with Crippen LogP contribution in [0.1, 0.15) is 22.9 Å². The molecule has 2 aliphatic rings. The molecule has 4 heteroatoms. The first kappa shape index (κ1) is 25.6. The van der Waals surface area contributed by atoms with E-state index in [1.54, 1.807) is 0 Å². The van der Waals surface area contributed by atoms with Crippen molar-refractivity contribution < 1.29 is 0 Å². The molecule has 0 aromatic heterocycles. The fourth-order valence-corrected chi connectivity index (χ4v) is 9.74. The zero-order valence-corrected chi connectivity index (χ0v) is 25.3. The molecule has 206 valence electrons. The number of hydrogen-bond acceptors (Lipinski definition) is 3. The largest absolute Gasteiger partial charge is 0.324 e. The number of nitrogens with one attached hydrogen (secondary N) is 1. The van der Waals surface area contributed by atoms with Gasteiger partial charge in [-0.1, -0.05) is 147 Å². The van der Waals surface area contributed by atoms with Gasteiger partial charge in [0.2, 0.25) is 0 Å². The van der Waals surface area contributed by atoms with Gasteiger partial charge in [0.25, 0.3) is 0 Å². The van der Waals surface area contributed by atoms with E-state index in [-0.39, 0.29) is 6.17 Å². The van der Waals surface area contributed by atoms with E-state index in [1.807, 2.05) is 6.07 Å². The molecule has 6 aromatic rings. The highest BCUT2D eigenvalue weighted by molar-refractivity contribution is 7.04. The number of hydrogen-bond donors (Lipinski definition) is 1. The minimum Gasteiger partial charge on any atom is -0.324 e. The molecule has 0 saturated heterocycles. The van der Waals surface area contributed by atoms with Crippen LogP contribution in [0.3, 0.4) is 0 Å². The number of fused-ring (bicyclic) bond motifs is 4. The Morgan fingerprint density at radius 3 is 2.00 bits per heavy atom. The van der Waals surface area contributed by atoms with Gasteiger partial charge in [0.1, 0.15) is 19.7 Å². The second kappa shape index (κ2) is 10.0. The molecule has 0 bridgehead atoms. The van der Waals surface area contributed by atoms with Crippen molar-refractivity contribution >= 4 is 40.9 Å². The predicted molar refractivity (Wildman–Crippen MR) is 183 cm³/mol. The normalized spacial score (nSPS) is 16.6. The number of aliphatic imine (C=N–C) groups is 2. The van der Waals surface area contributed by atoms with E-state index in [0.717, 1.165) is 28.4 Å². The molecule has 2 heterocycles. The molecule has 1 N–H and O–H groups in total. The molecular formula is C39H31N3Si. The lowest BCUT2D eigenvalue weighted by Crippen LogP contribution is -2.49. The van der Waals surface area contributed by atoms with Crippen molar-refractivity contribution in [3.63, 3.8) is 0 Å². The summed E-state index contributed by atoms with van der Waals surface area (Å²) in [6.45, 7) is 4.91. The summed E-state index contributed by atoms with van der Waals surface area (Å²) in [6.07, 6.45) is -0.352. The zero-order valence-electron chi connectivity index (χ0n) is 24.3. The molecule has 0 radical (unpaired) electrons. The summed E-state index contributed by atoms with van der Waals surface area (Å²) in [5.41, 5.74) is 8.32. The van der Waals surface area contributed by atoms with Gasteiger partial charge in [0.05, 0.1) is 0 Å². The third-order valence-corrected chi connectivity index (χ3v) is 12.5. The number of rotatable bonds is 4. The smallest absolute Gasteiger partial charge is 0.169 e. The van der Waals surface area contributed by atoms with Gasteiger partial charge in [0, 0.05) is 11.1 Å². The van der Waals surface area contributed by atoms with Crippen molar-refractivity contribution in [1.29, 1.82) is 0 Å². The first-order valence-corrected chi connectivity index (χ1v) is 17.9. The summed E-state index contributed by atoms with van der Waals surface area (Å²) in [5, 5.41) is 9.10. The lowest BCUT2D eigenvalue weighted by Gasteiger charge is -2.24. The Balaban J connectivity index is 1.23. The summed E-state index contributed by atoms with van der Waals surface area (Å²) in [5.74, 6) is 1.71. The molecule has 0 spiro atoms. The molecular weight excluding hydrogens is 539 g/mol. The Kier molecular flexibility index (Phi) is 5.98. The van der Waals surface area contributed by atoms with Gasteiger partial charge in [-0.25, -0.2) is 9.98 Å². The van der Waals surface area contributed by atoms with Gasteiger partial charge in [0.15, 0.2) is 6.17 Å². The van der Waals surface area contributed by atoms with Gasteiger partial charge < -0.3 is 5.32 Å². The van der Waals surface area contributed by atoms with Gasteiger partial charge in [-0.2, -0.15) is 0 Å². The second-order valence-electron chi connectivity index (χ2n) is 11.9. The fraction of sp³-hybridized carbons (Fsp3) is 0.0769. The lowest BCUT2D eigenvalue weighted by molar-refractivity contribution is 0.756. The van der Waals surface area contributed by atoms with Crippen LogP contribution in [0, 0.1) is 0 Å². The molecule has 8 rings (SSSR count). The number of nitrogens with zero attached hydrogens (tertiary/aromatic N) is 2. The third-order valence-electron chi connectivity index (χ3n) is 8.94. The van der Waals surface area contributed by atoms with Crippen molar-refractivity contribution in [3.8, 4) is 22.3 Å². The molecule has 1 atom stereocenters. The van der Waals surface area contributed by atoms with E-state index in [4.69, 9.17) is 9.98 Å². The molecule has 2 aliphatic heterocycles. The molecule has 3 nitrogen and oxygen atoms in total. The first-order valence-electron chi connectivity index (χ1n) is 14.9. The lowest BCUT2D eigenvalue weighted by atomic mass is 9.98. The summed E-state index contributed by atoms with van der Waals surface area (Å²) >= 11 is 0. The Labute approximate surface area is 253 Å². The standard InChI is InChI=1S/C39H31N3Si/c1-43(2)34-17-9-8-15-32(34)36-33(16-10-18-35(36)43)39-41-37(28-12-4-3-5-13-28)40-38(42-39)29-22-19-27(20-23-29)31-24-21-26-11-6-7-14-30(26)25-31/h3-25,38H,1-2H3,(H,40,41,42). The van der Waals surface area contributed by atoms with Crippen LogP contribution in [-0.2, 0) is 0 Å². The molecule has 0 aliphatic carbocycles. The SMILES string of the molecule is C[Si]1(C)c2ccccc2-c2c(C3=NC(c4ccc(-c5ccc6ccccc6c5)cc4)N=C(c4ccccc4)N3)cccc21. The maximum absolute atomic E-state index is 5.27. The average molecular weight is 570 g/mol. The molecule has 43 heavy (non-hydrogen) atoms. The zero-order chi connectivity index (χ0) is 29.0. The van der Waals surface area contributed by atoms with Crippen LogP contribution in [0.2, 0.25) is 13.1 Å². The van der Waals surface area contributed by atoms with Gasteiger partial charge >= 0.3 is 0 Å². The Morgan fingerprint density at radius 1 is 0.512 bits per heavy atom. The van der Waals surface area contributed by atoms with Gasteiger partial charge in [-0.05, 0) is 55.0 Å². The molecule has 0 fully saturated rings. The molecule has 0 amide bonds. The van der Waals surface area contributed by atoms with Crippen molar-refractivity contribution in [2.24, 2.45) is 9.98 Å². The summed E-state index contributed by atoms with van der Waals surface area (Å²) < 4.78 is 0. The van der Waals surface area contributed by atoms with Crippen LogP contribution in [0.25, 0.3) is 33.0 Å². The van der Waals surface area contributed by atoms with Crippen LogP contribution >= 0.6 is 0 Å². The quantitative estimate of drug-likeness (QED) is 0.216. The predicted octanol–water partition coefficient (Wildman–Crippen LogP) is 7.81. The van der Waals surface area contributed by atoms with Crippen molar-refractivity contribution in [2.75, 3.05) is 0 Å². The van der Waals surface area contributed by atoms with Gasteiger partial charge in [-0.15, -0.1) is 0 Å². The Hall–Kier alpha value is -5.06. The maximum Gasteiger partial charge on any atom is 0.169 e. The third kappa shape index (κ3) is 4.34. The fourth-order valence-electron chi connectivity index (χ4n) is 6.65. The van der Waals surface area contributed by atoms with Crippen LogP contribution < -0.4 is 15.7 Å². The summed E-state index contributed by atoms with van der Waals surface area (Å²) in [6, 6.07) is 49.9. The molecule has 1 unspecified atom stereocenters. The van der Waals surface area contributed by atoms with Crippen LogP contribution in [0.15, 0.2) is 150 Å². The monoisotopic (exact) mass is 569 g/mol. The Bertz CT molecular complexity index is 2070. The van der Waals surface area contributed by atoms with Crippen LogP contribution in [0.5, 0.6) is 0 Å².